The number of hydrogen-bond donors (Lipinski definition) is 0. The van der Waals surface area contributed by atoms with Crippen molar-refractivity contribution in [2.45, 2.75) is 32.4 Å². The van der Waals surface area contributed by atoms with Gasteiger partial charge in [-0.2, -0.15) is 5.10 Å². The smallest absolute Gasteiger partial charge is 0.164 e. The molecule has 0 aliphatic rings. The molecule has 19 heavy (non-hydrogen) atoms. The van der Waals surface area contributed by atoms with Crippen molar-refractivity contribution in [2.24, 2.45) is 0 Å². The maximum Gasteiger partial charge on any atom is 0.164 e. The summed E-state index contributed by atoms with van der Waals surface area (Å²) in [5.41, 5.74) is 0.799. The number of halogens is 2. The molecule has 0 atom stereocenters. The molecule has 0 saturated carbocycles. The van der Waals surface area contributed by atoms with E-state index in [9.17, 15) is 0 Å². The number of benzene rings is 1. The number of alkyl halides is 1. The second-order valence-corrected chi connectivity index (χ2v) is 4.71. The van der Waals surface area contributed by atoms with Crippen molar-refractivity contribution in [3.63, 3.8) is 0 Å². The minimum absolute atomic E-state index is 0.316. The Labute approximate surface area is 122 Å². The summed E-state index contributed by atoms with van der Waals surface area (Å²) in [6.45, 7) is 3.27. The first-order chi connectivity index (χ1) is 9.26. The van der Waals surface area contributed by atoms with Crippen molar-refractivity contribution in [2.75, 3.05) is 0 Å². The minimum Gasteiger partial charge on any atom is -0.485 e. The summed E-state index contributed by atoms with van der Waals surface area (Å²) in [6, 6.07) is 5.49. The number of rotatable bonds is 6. The van der Waals surface area contributed by atoms with E-state index in [4.69, 9.17) is 27.9 Å². The Kier molecular flexibility index (Phi) is 5.05. The molecule has 0 spiro atoms. The average Bonchev–Trinajstić information content (AvgIpc) is 2.84. The predicted octanol–water partition coefficient (Wildman–Crippen LogP) is 3.66. The fourth-order valence-electron chi connectivity index (χ4n) is 1.74. The van der Waals surface area contributed by atoms with Gasteiger partial charge in [-0.1, -0.05) is 24.6 Å². The lowest BCUT2D eigenvalue weighted by Crippen LogP contribution is -2.09. The predicted molar refractivity (Wildman–Crippen MR) is 75.7 cm³/mol. The normalized spacial score (nSPS) is 10.7. The van der Waals surface area contributed by atoms with Crippen LogP contribution in [0.3, 0.4) is 0 Å². The Bertz CT molecular complexity index is 542. The van der Waals surface area contributed by atoms with Gasteiger partial charge >= 0.3 is 0 Å². The van der Waals surface area contributed by atoms with E-state index in [-0.39, 0.29) is 0 Å². The van der Waals surface area contributed by atoms with Crippen LogP contribution in [-0.2, 0) is 19.0 Å². The standard InChI is InChI=1S/C13H15Cl2N3O/c1-2-6-18-13(16-9-17-18)8-19-12-5-3-4-11(15)10(12)7-14/h3-5,9H,2,6-8H2,1H3. The second-order valence-electron chi connectivity index (χ2n) is 4.04. The van der Waals surface area contributed by atoms with Crippen molar-refractivity contribution in [1.29, 1.82) is 0 Å². The first kappa shape index (κ1) is 14.2. The van der Waals surface area contributed by atoms with E-state index in [0.29, 0.717) is 23.3 Å². The Morgan fingerprint density at radius 3 is 2.95 bits per heavy atom. The van der Waals surface area contributed by atoms with Gasteiger partial charge in [0.15, 0.2) is 5.82 Å². The van der Waals surface area contributed by atoms with Gasteiger partial charge in [0.05, 0.1) is 5.88 Å². The average molecular weight is 300 g/mol. The first-order valence-corrected chi connectivity index (χ1v) is 7.00. The fraction of sp³-hybridized carbons (Fsp3) is 0.385. The monoisotopic (exact) mass is 299 g/mol. The number of nitrogens with zero attached hydrogens (tertiary/aromatic N) is 3. The Morgan fingerprint density at radius 1 is 1.37 bits per heavy atom. The van der Waals surface area contributed by atoms with Crippen molar-refractivity contribution in [3.05, 3.63) is 40.9 Å². The maximum absolute atomic E-state index is 6.07. The van der Waals surface area contributed by atoms with Crippen LogP contribution < -0.4 is 4.74 Å². The van der Waals surface area contributed by atoms with Crippen LogP contribution in [0.15, 0.2) is 24.5 Å². The number of aromatic nitrogens is 3. The quantitative estimate of drug-likeness (QED) is 0.764. The first-order valence-electron chi connectivity index (χ1n) is 6.09. The highest BCUT2D eigenvalue weighted by atomic mass is 35.5. The highest BCUT2D eigenvalue weighted by Crippen LogP contribution is 2.28. The molecule has 1 aromatic carbocycles. The van der Waals surface area contributed by atoms with Crippen molar-refractivity contribution in [3.8, 4) is 5.75 Å². The van der Waals surface area contributed by atoms with E-state index in [1.165, 1.54) is 6.33 Å². The van der Waals surface area contributed by atoms with Gasteiger partial charge in [0.1, 0.15) is 18.7 Å². The van der Waals surface area contributed by atoms with Gasteiger partial charge in [0.25, 0.3) is 0 Å². The number of ether oxygens (including phenoxy) is 1. The zero-order valence-corrected chi connectivity index (χ0v) is 12.2. The van der Waals surface area contributed by atoms with E-state index in [0.717, 1.165) is 24.4 Å². The maximum atomic E-state index is 6.07. The van der Waals surface area contributed by atoms with Gasteiger partial charge in [-0.15, -0.1) is 11.6 Å². The van der Waals surface area contributed by atoms with Crippen LogP contribution in [0.4, 0.5) is 0 Å². The lowest BCUT2D eigenvalue weighted by Gasteiger charge is -2.11. The van der Waals surface area contributed by atoms with E-state index >= 15 is 0 Å². The lowest BCUT2D eigenvalue weighted by molar-refractivity contribution is 0.284. The molecule has 102 valence electrons. The molecule has 0 bridgehead atoms. The van der Waals surface area contributed by atoms with E-state index in [1.54, 1.807) is 6.07 Å². The highest BCUT2D eigenvalue weighted by molar-refractivity contribution is 6.32. The Balaban J connectivity index is 2.10. The van der Waals surface area contributed by atoms with Crippen molar-refractivity contribution in [1.82, 2.24) is 14.8 Å². The molecule has 1 heterocycles. The van der Waals surface area contributed by atoms with E-state index in [2.05, 4.69) is 17.0 Å². The van der Waals surface area contributed by atoms with Crippen molar-refractivity contribution < 1.29 is 4.74 Å². The largest absolute Gasteiger partial charge is 0.485 e. The van der Waals surface area contributed by atoms with Gasteiger partial charge in [-0.25, -0.2) is 9.67 Å². The summed E-state index contributed by atoms with van der Waals surface area (Å²) in [4.78, 5) is 4.19. The third kappa shape index (κ3) is 3.39. The lowest BCUT2D eigenvalue weighted by atomic mass is 10.2. The minimum atomic E-state index is 0.316. The molecule has 4 nitrogen and oxygen atoms in total. The summed E-state index contributed by atoms with van der Waals surface area (Å²) in [5, 5.41) is 4.77. The molecule has 0 aliphatic heterocycles. The summed E-state index contributed by atoms with van der Waals surface area (Å²) in [5.74, 6) is 1.80. The third-order valence-corrected chi connectivity index (χ3v) is 3.32. The van der Waals surface area contributed by atoms with Crippen LogP contribution in [0.25, 0.3) is 0 Å². The molecule has 2 rings (SSSR count). The van der Waals surface area contributed by atoms with Gasteiger partial charge in [-0.3, -0.25) is 0 Å². The summed E-state index contributed by atoms with van der Waals surface area (Å²) in [7, 11) is 0. The van der Waals surface area contributed by atoms with Crippen LogP contribution in [0.2, 0.25) is 5.02 Å². The zero-order valence-electron chi connectivity index (χ0n) is 10.6. The molecule has 0 aliphatic carbocycles. The molecule has 1 aromatic heterocycles. The Morgan fingerprint density at radius 2 is 2.21 bits per heavy atom. The highest BCUT2D eigenvalue weighted by Gasteiger charge is 2.09. The van der Waals surface area contributed by atoms with Gasteiger partial charge in [-0.05, 0) is 18.6 Å². The summed E-state index contributed by atoms with van der Waals surface area (Å²) >= 11 is 12.0. The molecule has 0 unspecified atom stereocenters. The third-order valence-electron chi connectivity index (χ3n) is 2.70. The SMILES string of the molecule is CCCn1ncnc1COc1cccc(Cl)c1CCl. The summed E-state index contributed by atoms with van der Waals surface area (Å²) < 4.78 is 7.59. The van der Waals surface area contributed by atoms with Gasteiger partial charge in [0.2, 0.25) is 0 Å². The van der Waals surface area contributed by atoms with Crippen LogP contribution in [0.5, 0.6) is 5.75 Å². The number of aryl methyl sites for hydroxylation is 1. The second kappa shape index (κ2) is 6.78. The van der Waals surface area contributed by atoms with Gasteiger partial charge < -0.3 is 4.74 Å². The molecule has 6 heteroatoms. The number of hydrogen-bond acceptors (Lipinski definition) is 3. The molecule has 2 aromatic rings. The molecule has 0 saturated heterocycles. The van der Waals surface area contributed by atoms with Crippen molar-refractivity contribution >= 4 is 23.2 Å². The molecule has 0 radical (unpaired) electrons. The fourth-order valence-corrected chi connectivity index (χ4v) is 2.32. The Hall–Kier alpha value is -1.26. The van der Waals surface area contributed by atoms with Crippen LogP contribution in [0.1, 0.15) is 24.7 Å². The van der Waals surface area contributed by atoms with E-state index < -0.39 is 0 Å². The zero-order chi connectivity index (χ0) is 13.7. The van der Waals surface area contributed by atoms with Gasteiger partial charge in [0, 0.05) is 17.1 Å². The molecular formula is C13H15Cl2N3O. The topological polar surface area (TPSA) is 39.9 Å². The molecule has 0 fully saturated rings. The van der Waals surface area contributed by atoms with E-state index in [1.807, 2.05) is 16.8 Å². The summed E-state index contributed by atoms with van der Waals surface area (Å²) in [6.07, 6.45) is 2.54. The van der Waals surface area contributed by atoms with Crippen LogP contribution >= 0.6 is 23.2 Å². The van der Waals surface area contributed by atoms with Crippen LogP contribution in [-0.4, -0.2) is 14.8 Å². The van der Waals surface area contributed by atoms with Crippen LogP contribution in [0, 0.1) is 0 Å². The molecule has 0 N–H and O–H groups in total. The molecular weight excluding hydrogens is 285 g/mol. The molecule has 0 amide bonds.